The monoisotopic (exact) mass is 553 g/mol. The fourth-order valence-electron chi connectivity index (χ4n) is 4.18. The van der Waals surface area contributed by atoms with Gasteiger partial charge in [-0.05, 0) is 87.2 Å². The topological polar surface area (TPSA) is 86.8 Å². The summed E-state index contributed by atoms with van der Waals surface area (Å²) >= 11 is 0. The van der Waals surface area contributed by atoms with E-state index in [9.17, 15) is 22.4 Å². The van der Waals surface area contributed by atoms with E-state index in [4.69, 9.17) is 0 Å². The van der Waals surface area contributed by atoms with Crippen molar-refractivity contribution in [1.82, 2.24) is 10.2 Å². The molecule has 0 unspecified atom stereocenters. The van der Waals surface area contributed by atoms with Crippen LogP contribution in [0.25, 0.3) is 0 Å². The van der Waals surface area contributed by atoms with E-state index in [-0.39, 0.29) is 23.4 Å². The molecule has 3 aromatic carbocycles. The Morgan fingerprint density at radius 1 is 0.923 bits per heavy atom. The predicted octanol–water partition coefficient (Wildman–Crippen LogP) is 4.97. The van der Waals surface area contributed by atoms with Gasteiger partial charge in [-0.25, -0.2) is 12.8 Å². The Kier molecular flexibility index (Phi) is 9.86. The summed E-state index contributed by atoms with van der Waals surface area (Å²) in [5, 5.41) is 2.89. The molecule has 0 radical (unpaired) electrons. The zero-order chi connectivity index (χ0) is 28.7. The van der Waals surface area contributed by atoms with Crippen LogP contribution in [-0.2, 0) is 26.2 Å². The van der Waals surface area contributed by atoms with Crippen molar-refractivity contribution < 1.29 is 22.4 Å². The maximum atomic E-state index is 13.9. The first-order valence-electron chi connectivity index (χ1n) is 12.9. The molecule has 0 aromatic heterocycles. The molecule has 3 aromatic rings. The standard InChI is InChI=1S/C30H36FN3O4S/c1-6-23(4)32-30(36)24(5)33(19-25-12-14-26(31)15-13-25)29(35)20-34(27-17-21(2)16-22(3)18-27)39(37,38)28-10-8-7-9-11-28/h7-18,23-24H,6,19-20H2,1-5H3,(H,32,36)/t23-,24-/m0/s1. The number of halogens is 1. The molecule has 0 saturated carbocycles. The third-order valence-electron chi connectivity index (χ3n) is 6.54. The number of aryl methyl sites for hydroxylation is 2. The Labute approximate surface area is 230 Å². The van der Waals surface area contributed by atoms with E-state index < -0.39 is 34.3 Å². The average Bonchev–Trinajstić information content (AvgIpc) is 2.90. The van der Waals surface area contributed by atoms with Gasteiger partial charge < -0.3 is 10.2 Å². The second-order valence-electron chi connectivity index (χ2n) is 9.81. The summed E-state index contributed by atoms with van der Waals surface area (Å²) in [5.41, 5.74) is 2.64. The van der Waals surface area contributed by atoms with Crippen molar-refractivity contribution in [2.45, 2.75) is 64.6 Å². The van der Waals surface area contributed by atoms with Crippen molar-refractivity contribution in [1.29, 1.82) is 0 Å². The first-order valence-corrected chi connectivity index (χ1v) is 14.4. The summed E-state index contributed by atoms with van der Waals surface area (Å²) in [6, 6.07) is 17.9. The zero-order valence-corrected chi connectivity index (χ0v) is 23.8. The first-order chi connectivity index (χ1) is 18.4. The summed E-state index contributed by atoms with van der Waals surface area (Å²) in [6.45, 7) is 8.59. The maximum absolute atomic E-state index is 13.9. The molecule has 0 bridgehead atoms. The lowest BCUT2D eigenvalue weighted by Crippen LogP contribution is -2.52. The van der Waals surface area contributed by atoms with E-state index in [1.165, 1.54) is 41.3 Å². The van der Waals surface area contributed by atoms with E-state index in [1.807, 2.05) is 33.8 Å². The molecule has 0 aliphatic carbocycles. The van der Waals surface area contributed by atoms with Crippen LogP contribution in [0.4, 0.5) is 10.1 Å². The Morgan fingerprint density at radius 3 is 2.08 bits per heavy atom. The van der Waals surface area contributed by atoms with Gasteiger partial charge in [0.05, 0.1) is 10.6 Å². The van der Waals surface area contributed by atoms with E-state index in [1.54, 1.807) is 37.3 Å². The highest BCUT2D eigenvalue weighted by Gasteiger charge is 2.33. The molecule has 1 N–H and O–H groups in total. The third-order valence-corrected chi connectivity index (χ3v) is 8.33. The molecule has 9 heteroatoms. The van der Waals surface area contributed by atoms with Gasteiger partial charge in [0.15, 0.2) is 0 Å². The molecular weight excluding hydrogens is 517 g/mol. The van der Waals surface area contributed by atoms with Gasteiger partial charge in [-0.1, -0.05) is 43.3 Å². The Hall–Kier alpha value is -3.72. The first kappa shape index (κ1) is 29.8. The lowest BCUT2D eigenvalue weighted by Gasteiger charge is -2.32. The van der Waals surface area contributed by atoms with Crippen molar-refractivity contribution >= 4 is 27.5 Å². The van der Waals surface area contributed by atoms with Gasteiger partial charge >= 0.3 is 0 Å². The molecule has 3 rings (SSSR count). The minimum absolute atomic E-state index is 0.000274. The second-order valence-corrected chi connectivity index (χ2v) is 11.7. The molecule has 0 fully saturated rings. The summed E-state index contributed by atoms with van der Waals surface area (Å²) in [5.74, 6) is -1.34. The molecule has 0 spiro atoms. The highest BCUT2D eigenvalue weighted by Crippen LogP contribution is 2.26. The Bertz CT molecular complexity index is 1380. The van der Waals surface area contributed by atoms with Gasteiger partial charge in [0.25, 0.3) is 10.0 Å². The van der Waals surface area contributed by atoms with Gasteiger partial charge in [0.1, 0.15) is 18.4 Å². The van der Waals surface area contributed by atoms with Crippen LogP contribution in [0.3, 0.4) is 0 Å². The fraction of sp³-hybridized carbons (Fsp3) is 0.333. The molecule has 0 aliphatic rings. The fourth-order valence-corrected chi connectivity index (χ4v) is 5.60. The molecular formula is C30H36FN3O4S. The molecule has 0 heterocycles. The highest BCUT2D eigenvalue weighted by molar-refractivity contribution is 7.92. The molecule has 39 heavy (non-hydrogen) atoms. The molecule has 0 saturated heterocycles. The third kappa shape index (κ3) is 7.66. The number of rotatable bonds is 11. The number of carbonyl (C=O) groups excluding carboxylic acids is 2. The predicted molar refractivity (Wildman–Crippen MR) is 151 cm³/mol. The number of benzene rings is 3. The van der Waals surface area contributed by atoms with Crippen LogP contribution in [0.1, 0.15) is 43.9 Å². The van der Waals surface area contributed by atoms with E-state index in [0.29, 0.717) is 17.7 Å². The Morgan fingerprint density at radius 2 is 1.51 bits per heavy atom. The number of sulfonamides is 1. The smallest absolute Gasteiger partial charge is 0.264 e. The number of hydrogen-bond donors (Lipinski definition) is 1. The van der Waals surface area contributed by atoms with Crippen LogP contribution >= 0.6 is 0 Å². The van der Waals surface area contributed by atoms with Crippen molar-refractivity contribution in [2.75, 3.05) is 10.8 Å². The molecule has 2 atom stereocenters. The van der Waals surface area contributed by atoms with Crippen LogP contribution in [0.15, 0.2) is 77.7 Å². The lowest BCUT2D eigenvalue weighted by molar-refractivity contribution is -0.139. The van der Waals surface area contributed by atoms with Gasteiger partial charge in [-0.2, -0.15) is 0 Å². The summed E-state index contributed by atoms with van der Waals surface area (Å²) in [6.07, 6.45) is 0.709. The number of nitrogens with one attached hydrogen (secondary N) is 1. The number of nitrogens with zero attached hydrogens (tertiary/aromatic N) is 2. The summed E-state index contributed by atoms with van der Waals surface area (Å²) < 4.78 is 42.3. The van der Waals surface area contributed by atoms with Gasteiger partial charge in [-0.15, -0.1) is 0 Å². The number of anilines is 1. The van der Waals surface area contributed by atoms with Gasteiger partial charge in [0, 0.05) is 12.6 Å². The van der Waals surface area contributed by atoms with Crippen LogP contribution < -0.4 is 9.62 Å². The normalized spacial score (nSPS) is 12.9. The van der Waals surface area contributed by atoms with Crippen molar-refractivity contribution in [2.24, 2.45) is 0 Å². The minimum Gasteiger partial charge on any atom is -0.352 e. The molecule has 7 nitrogen and oxygen atoms in total. The van der Waals surface area contributed by atoms with Crippen LogP contribution in [0.2, 0.25) is 0 Å². The SMILES string of the molecule is CC[C@H](C)NC(=O)[C@H](C)N(Cc1ccc(F)cc1)C(=O)CN(c1cc(C)cc(C)c1)S(=O)(=O)c1ccccc1. The lowest BCUT2D eigenvalue weighted by atomic mass is 10.1. The quantitative estimate of drug-likeness (QED) is 0.363. The Balaban J connectivity index is 2.04. The largest absolute Gasteiger partial charge is 0.352 e. The van der Waals surface area contributed by atoms with Crippen LogP contribution in [0.5, 0.6) is 0 Å². The zero-order valence-electron chi connectivity index (χ0n) is 23.0. The molecule has 0 aliphatic heterocycles. The molecule has 2 amide bonds. The highest BCUT2D eigenvalue weighted by atomic mass is 32.2. The molecule has 208 valence electrons. The van der Waals surface area contributed by atoms with Crippen molar-refractivity contribution in [3.05, 3.63) is 95.3 Å². The van der Waals surface area contributed by atoms with E-state index >= 15 is 0 Å². The number of amides is 2. The van der Waals surface area contributed by atoms with Gasteiger partial charge in [0.2, 0.25) is 11.8 Å². The van der Waals surface area contributed by atoms with E-state index in [0.717, 1.165) is 15.4 Å². The minimum atomic E-state index is -4.13. The maximum Gasteiger partial charge on any atom is 0.264 e. The summed E-state index contributed by atoms with van der Waals surface area (Å²) in [7, 11) is -4.13. The number of hydrogen-bond acceptors (Lipinski definition) is 4. The summed E-state index contributed by atoms with van der Waals surface area (Å²) in [4.78, 5) is 28.4. The second kappa shape index (κ2) is 12.9. The van der Waals surface area contributed by atoms with Gasteiger partial charge in [-0.3, -0.25) is 13.9 Å². The van der Waals surface area contributed by atoms with Crippen LogP contribution in [0, 0.1) is 19.7 Å². The average molecular weight is 554 g/mol. The van der Waals surface area contributed by atoms with E-state index in [2.05, 4.69) is 5.32 Å². The van der Waals surface area contributed by atoms with Crippen molar-refractivity contribution in [3.63, 3.8) is 0 Å². The van der Waals surface area contributed by atoms with Crippen LogP contribution in [-0.4, -0.2) is 43.8 Å². The number of carbonyl (C=O) groups is 2. The van der Waals surface area contributed by atoms with Crippen molar-refractivity contribution in [3.8, 4) is 0 Å².